The molecule has 30 heavy (non-hydrogen) atoms. The molecule has 8 heteroatoms. The number of aromatic nitrogens is 4. The number of aryl methyl sites for hydroxylation is 1. The van der Waals surface area contributed by atoms with Gasteiger partial charge in [-0.2, -0.15) is 5.10 Å². The Hall–Kier alpha value is -3.65. The van der Waals surface area contributed by atoms with E-state index < -0.39 is 0 Å². The van der Waals surface area contributed by atoms with E-state index in [1.807, 2.05) is 31.2 Å². The molecular weight excluding hydrogens is 385 g/mol. The van der Waals surface area contributed by atoms with Gasteiger partial charge in [-0.1, -0.05) is 36.4 Å². The highest BCUT2D eigenvalue weighted by molar-refractivity contribution is 5.93. The Morgan fingerprint density at radius 2 is 1.90 bits per heavy atom. The molecule has 2 heterocycles. The van der Waals surface area contributed by atoms with Gasteiger partial charge in [-0.3, -0.25) is 9.48 Å². The largest absolute Gasteiger partial charge is 0.375 e. The van der Waals surface area contributed by atoms with Crippen LogP contribution in [0, 0.1) is 12.7 Å². The molecule has 0 aliphatic heterocycles. The van der Waals surface area contributed by atoms with Gasteiger partial charge in [0, 0.05) is 29.8 Å². The van der Waals surface area contributed by atoms with Crippen molar-refractivity contribution in [3.63, 3.8) is 0 Å². The highest BCUT2D eigenvalue weighted by atomic mass is 19.1. The molecule has 0 fully saturated rings. The Morgan fingerprint density at radius 1 is 1.13 bits per heavy atom. The topological polar surface area (TPSA) is 81.9 Å². The van der Waals surface area contributed by atoms with Crippen LogP contribution in [0.1, 0.15) is 11.3 Å². The molecule has 2 aromatic heterocycles. The average Bonchev–Trinajstić information content (AvgIpc) is 3.08. The number of fused-ring (bicyclic) bond motifs is 1. The van der Waals surface area contributed by atoms with Gasteiger partial charge in [-0.25, -0.2) is 14.4 Å². The molecule has 0 aliphatic rings. The van der Waals surface area contributed by atoms with Crippen molar-refractivity contribution in [3.8, 4) is 11.5 Å². The number of anilines is 1. The molecule has 0 saturated heterocycles. The molecule has 1 amide bonds. The van der Waals surface area contributed by atoms with Crippen molar-refractivity contribution < 1.29 is 13.9 Å². The van der Waals surface area contributed by atoms with E-state index in [0.29, 0.717) is 28.6 Å². The molecule has 2 aromatic carbocycles. The smallest absolute Gasteiger partial charge is 0.251 e. The van der Waals surface area contributed by atoms with Crippen LogP contribution in [-0.2, 0) is 16.1 Å². The summed E-state index contributed by atoms with van der Waals surface area (Å²) in [7, 11) is 1.45. The summed E-state index contributed by atoms with van der Waals surface area (Å²) in [5.74, 6) is 0.156. The Kier molecular flexibility index (Phi) is 5.49. The minimum atomic E-state index is -0.309. The number of hydrogen-bond acceptors (Lipinski definition) is 5. The van der Waals surface area contributed by atoms with Gasteiger partial charge in [0.15, 0.2) is 5.82 Å². The zero-order valence-corrected chi connectivity index (χ0v) is 16.6. The number of amides is 1. The predicted molar refractivity (Wildman–Crippen MR) is 112 cm³/mol. The summed E-state index contributed by atoms with van der Waals surface area (Å²) in [6, 6.07) is 15.9. The first kappa shape index (κ1) is 19.7. The molecule has 0 unspecified atom stereocenters. The van der Waals surface area contributed by atoms with Gasteiger partial charge in [0.2, 0.25) is 0 Å². The van der Waals surface area contributed by atoms with Crippen LogP contribution in [0.15, 0.2) is 54.6 Å². The minimum Gasteiger partial charge on any atom is -0.375 e. The van der Waals surface area contributed by atoms with E-state index in [1.165, 1.54) is 13.2 Å². The third kappa shape index (κ3) is 4.04. The van der Waals surface area contributed by atoms with Crippen molar-refractivity contribution in [1.29, 1.82) is 0 Å². The second-order valence-electron chi connectivity index (χ2n) is 6.81. The van der Waals surface area contributed by atoms with Crippen molar-refractivity contribution in [2.75, 3.05) is 19.0 Å². The number of carbonyl (C=O) groups excluding carboxylic acids is 1. The number of nitrogens with zero attached hydrogens (tertiary/aromatic N) is 4. The molecule has 1 N–H and O–H groups in total. The van der Waals surface area contributed by atoms with E-state index in [9.17, 15) is 9.18 Å². The number of nitrogens with one attached hydrogen (secondary N) is 1. The second-order valence-corrected chi connectivity index (χ2v) is 6.81. The van der Waals surface area contributed by atoms with E-state index >= 15 is 0 Å². The Balaban J connectivity index is 1.77. The first-order valence-corrected chi connectivity index (χ1v) is 9.39. The molecule has 7 nitrogen and oxygen atoms in total. The maximum absolute atomic E-state index is 14.2. The lowest BCUT2D eigenvalue weighted by molar-refractivity contribution is -0.119. The zero-order valence-electron chi connectivity index (χ0n) is 16.6. The molecule has 0 aliphatic carbocycles. The van der Waals surface area contributed by atoms with Crippen molar-refractivity contribution in [2.45, 2.75) is 13.5 Å². The second kappa shape index (κ2) is 8.38. The summed E-state index contributed by atoms with van der Waals surface area (Å²) in [5.41, 5.74) is 2.62. The zero-order chi connectivity index (χ0) is 21.1. The number of methoxy groups -OCH3 is 1. The first-order chi connectivity index (χ1) is 14.5. The van der Waals surface area contributed by atoms with Gasteiger partial charge in [0.05, 0.1) is 12.1 Å². The van der Waals surface area contributed by atoms with Crippen LogP contribution in [0.4, 0.5) is 10.2 Å². The van der Waals surface area contributed by atoms with E-state index in [4.69, 9.17) is 4.74 Å². The van der Waals surface area contributed by atoms with E-state index in [-0.39, 0.29) is 24.9 Å². The lowest BCUT2D eigenvalue weighted by Gasteiger charge is -2.06. The quantitative estimate of drug-likeness (QED) is 0.530. The predicted octanol–water partition coefficient (Wildman–Crippen LogP) is 3.57. The van der Waals surface area contributed by atoms with Crippen molar-refractivity contribution in [2.24, 2.45) is 0 Å². The lowest BCUT2D eigenvalue weighted by atomic mass is 10.2. The molecule has 4 rings (SSSR count). The maximum atomic E-state index is 14.2. The molecule has 0 spiro atoms. The Morgan fingerprint density at radius 3 is 2.70 bits per heavy atom. The third-order valence-electron chi connectivity index (χ3n) is 4.54. The SMILES string of the molecule is COCC(=O)Nc1cc(C)nc(-c2nn(Cc3ccccc3F)c3ccccc23)n1. The number of hydrogen-bond donors (Lipinski definition) is 1. The van der Waals surface area contributed by atoms with Crippen LogP contribution < -0.4 is 5.32 Å². The highest BCUT2D eigenvalue weighted by Gasteiger charge is 2.17. The third-order valence-corrected chi connectivity index (χ3v) is 4.54. The van der Waals surface area contributed by atoms with E-state index in [0.717, 1.165) is 10.9 Å². The molecule has 0 saturated carbocycles. The van der Waals surface area contributed by atoms with E-state index in [2.05, 4.69) is 20.4 Å². The highest BCUT2D eigenvalue weighted by Crippen LogP contribution is 2.27. The summed E-state index contributed by atoms with van der Waals surface area (Å²) < 4.78 is 20.8. The summed E-state index contributed by atoms with van der Waals surface area (Å²) in [5, 5.41) is 8.22. The van der Waals surface area contributed by atoms with Crippen LogP contribution in [0.25, 0.3) is 22.4 Å². The standard InChI is InChI=1S/C22H20FN5O2/c1-14-11-19(25-20(29)13-30-2)26-22(24-14)21-16-8-4-6-10-18(16)28(27-21)12-15-7-3-5-9-17(15)23/h3-11H,12-13H2,1-2H3,(H,24,25,26,29). The van der Waals surface area contributed by atoms with Crippen LogP contribution in [-0.4, -0.2) is 39.4 Å². The number of halogens is 1. The van der Waals surface area contributed by atoms with Crippen molar-refractivity contribution in [1.82, 2.24) is 19.7 Å². The fraction of sp³-hybridized carbons (Fsp3) is 0.182. The number of benzene rings is 2. The Bertz CT molecular complexity index is 1220. The van der Waals surface area contributed by atoms with Crippen molar-refractivity contribution >= 4 is 22.6 Å². The number of para-hydroxylation sites is 1. The van der Waals surface area contributed by atoms with Gasteiger partial charge in [0.1, 0.15) is 23.9 Å². The summed E-state index contributed by atoms with van der Waals surface area (Å²) in [6.45, 7) is 2.02. The summed E-state index contributed by atoms with van der Waals surface area (Å²) in [6.07, 6.45) is 0. The fourth-order valence-corrected chi connectivity index (χ4v) is 3.25. The molecular formula is C22H20FN5O2. The van der Waals surface area contributed by atoms with E-state index in [1.54, 1.807) is 28.9 Å². The van der Waals surface area contributed by atoms with Gasteiger partial charge in [-0.15, -0.1) is 0 Å². The maximum Gasteiger partial charge on any atom is 0.251 e. The molecule has 4 aromatic rings. The Labute approximate surface area is 172 Å². The number of carbonyl (C=O) groups is 1. The van der Waals surface area contributed by atoms with Crippen LogP contribution in [0.5, 0.6) is 0 Å². The van der Waals surface area contributed by atoms with Gasteiger partial charge in [0.25, 0.3) is 5.91 Å². The van der Waals surface area contributed by atoms with Crippen molar-refractivity contribution in [3.05, 3.63) is 71.7 Å². The minimum absolute atomic E-state index is 0.0709. The first-order valence-electron chi connectivity index (χ1n) is 9.39. The number of ether oxygens (including phenoxy) is 1. The molecule has 152 valence electrons. The fourth-order valence-electron chi connectivity index (χ4n) is 3.25. The van der Waals surface area contributed by atoms with Gasteiger partial charge < -0.3 is 10.1 Å². The van der Waals surface area contributed by atoms with Gasteiger partial charge in [-0.05, 0) is 19.1 Å². The summed E-state index contributed by atoms with van der Waals surface area (Å²) in [4.78, 5) is 20.8. The molecule has 0 radical (unpaired) electrons. The van der Waals surface area contributed by atoms with Crippen LogP contribution >= 0.6 is 0 Å². The van der Waals surface area contributed by atoms with Gasteiger partial charge >= 0.3 is 0 Å². The lowest BCUT2D eigenvalue weighted by Crippen LogP contribution is -2.18. The summed E-state index contributed by atoms with van der Waals surface area (Å²) >= 11 is 0. The van der Waals surface area contributed by atoms with Crippen LogP contribution in [0.3, 0.4) is 0 Å². The van der Waals surface area contributed by atoms with Crippen LogP contribution in [0.2, 0.25) is 0 Å². The monoisotopic (exact) mass is 405 g/mol. The normalized spacial score (nSPS) is 11.0. The molecule has 0 atom stereocenters. The molecule has 0 bridgehead atoms. The average molecular weight is 405 g/mol. The number of rotatable bonds is 6.